The van der Waals surface area contributed by atoms with Crippen molar-refractivity contribution in [1.29, 1.82) is 0 Å². The minimum atomic E-state index is -0.881. The first-order valence-electron chi connectivity index (χ1n) is 13.5. The number of phenolic OH excluding ortho intramolecular Hbond substituents is 1. The van der Waals surface area contributed by atoms with E-state index >= 15 is 0 Å². The Morgan fingerprint density at radius 2 is 1.73 bits per heavy atom. The number of aliphatic hydroxyl groups is 1. The molecule has 0 spiro atoms. The Hall–Kier alpha value is -3.82. The van der Waals surface area contributed by atoms with Crippen LogP contribution in [0, 0.1) is 6.92 Å². The zero-order chi connectivity index (χ0) is 29.7. The second kappa shape index (κ2) is 13.2. The third-order valence-corrected chi connectivity index (χ3v) is 8.07. The number of Topliss-reactive ketones (excluding diaryl/α,β-unsaturated/α-hetero) is 1. The van der Waals surface area contributed by atoms with Gasteiger partial charge in [-0.2, -0.15) is 0 Å². The molecule has 0 aliphatic carbocycles. The average molecular weight is 624 g/mol. The van der Waals surface area contributed by atoms with Crippen LogP contribution in [0.3, 0.4) is 0 Å². The fraction of sp³-hybridized carbons (Fsp3) is 0.312. The van der Waals surface area contributed by atoms with Gasteiger partial charge in [-0.3, -0.25) is 9.59 Å². The summed E-state index contributed by atoms with van der Waals surface area (Å²) >= 11 is 3.35. The van der Waals surface area contributed by atoms with Crippen LogP contribution >= 0.6 is 15.9 Å². The minimum Gasteiger partial charge on any atom is -0.507 e. The molecule has 1 saturated heterocycles. The Morgan fingerprint density at radius 1 is 1.05 bits per heavy atom. The van der Waals surface area contributed by atoms with Crippen LogP contribution in [0.5, 0.6) is 17.2 Å². The summed E-state index contributed by atoms with van der Waals surface area (Å²) in [6.07, 6.45) is 0. The highest BCUT2D eigenvalue weighted by Gasteiger charge is 2.46. The van der Waals surface area contributed by atoms with Crippen molar-refractivity contribution in [2.24, 2.45) is 0 Å². The van der Waals surface area contributed by atoms with Crippen LogP contribution in [0.4, 0.5) is 0 Å². The SMILES string of the molecule is CCN(CC)CCN1C(=O)C(=O)/C(=C(/O)c2ccc(OCc3ccccc3C)cc2)C1c1cc(Br)c(O)c(OC)c1. The van der Waals surface area contributed by atoms with Gasteiger partial charge in [0.2, 0.25) is 0 Å². The van der Waals surface area contributed by atoms with Gasteiger partial charge < -0.3 is 29.5 Å². The van der Waals surface area contributed by atoms with Gasteiger partial charge in [-0.05, 0) is 89.0 Å². The standard InChI is InChI=1S/C32H35BrN2O6/c1-5-34(6-2)15-16-35-28(23-17-25(33)30(37)26(18-23)40-4)27(31(38)32(35)39)29(36)21-11-13-24(14-12-21)41-19-22-10-8-7-9-20(22)3/h7-14,17-18,28,36-37H,5-6,15-16,19H2,1-4H3/b29-27+. The largest absolute Gasteiger partial charge is 0.507 e. The van der Waals surface area contributed by atoms with E-state index in [0.29, 0.717) is 34.5 Å². The minimum absolute atomic E-state index is 0.0252. The van der Waals surface area contributed by atoms with Crippen molar-refractivity contribution in [2.45, 2.75) is 33.4 Å². The lowest BCUT2D eigenvalue weighted by Crippen LogP contribution is -2.38. The Bertz CT molecular complexity index is 1450. The number of phenols is 1. The molecule has 4 rings (SSSR count). The molecule has 0 aromatic heterocycles. The molecule has 41 heavy (non-hydrogen) atoms. The molecular formula is C32H35BrN2O6. The monoisotopic (exact) mass is 622 g/mol. The van der Waals surface area contributed by atoms with Crippen molar-refractivity contribution < 1.29 is 29.3 Å². The number of carbonyl (C=O) groups excluding carboxylic acids is 2. The highest BCUT2D eigenvalue weighted by Crippen LogP contribution is 2.44. The summed E-state index contributed by atoms with van der Waals surface area (Å²) in [6.45, 7) is 8.91. The molecule has 1 amide bonds. The molecule has 216 valence electrons. The maximum Gasteiger partial charge on any atom is 0.295 e. The molecule has 2 N–H and O–H groups in total. The lowest BCUT2D eigenvalue weighted by Gasteiger charge is -2.28. The fourth-order valence-corrected chi connectivity index (χ4v) is 5.41. The molecule has 3 aromatic rings. The molecule has 3 aromatic carbocycles. The zero-order valence-electron chi connectivity index (χ0n) is 23.7. The van der Waals surface area contributed by atoms with E-state index in [2.05, 4.69) is 20.8 Å². The lowest BCUT2D eigenvalue weighted by atomic mass is 9.95. The number of likely N-dealkylation sites (N-methyl/N-ethyl adjacent to an activating group) is 1. The second-order valence-electron chi connectivity index (χ2n) is 9.81. The van der Waals surface area contributed by atoms with E-state index in [4.69, 9.17) is 9.47 Å². The molecule has 0 radical (unpaired) electrons. The van der Waals surface area contributed by atoms with Gasteiger partial charge in [0.05, 0.1) is 23.2 Å². The summed E-state index contributed by atoms with van der Waals surface area (Å²) in [6, 6.07) is 17.1. The molecular weight excluding hydrogens is 588 g/mol. The highest BCUT2D eigenvalue weighted by atomic mass is 79.9. The summed E-state index contributed by atoms with van der Waals surface area (Å²) in [4.78, 5) is 30.4. The number of halogens is 1. The summed E-state index contributed by atoms with van der Waals surface area (Å²) in [5.41, 5.74) is 3.07. The average Bonchev–Trinajstić information content (AvgIpc) is 3.23. The number of likely N-dealkylation sites (tertiary alicyclic amines) is 1. The maximum atomic E-state index is 13.4. The highest BCUT2D eigenvalue weighted by molar-refractivity contribution is 9.10. The first-order valence-corrected chi connectivity index (χ1v) is 14.3. The van der Waals surface area contributed by atoms with E-state index in [-0.39, 0.29) is 29.4 Å². The summed E-state index contributed by atoms with van der Waals surface area (Å²) in [5, 5.41) is 21.8. The number of amides is 1. The number of rotatable bonds is 11. The normalized spacial score (nSPS) is 16.4. The van der Waals surface area contributed by atoms with Crippen LogP contribution in [0.2, 0.25) is 0 Å². The van der Waals surface area contributed by atoms with Crippen molar-refractivity contribution in [1.82, 2.24) is 9.80 Å². The molecule has 8 nitrogen and oxygen atoms in total. The number of nitrogens with zero attached hydrogens (tertiary/aromatic N) is 2. The number of aromatic hydroxyl groups is 1. The van der Waals surface area contributed by atoms with Gasteiger partial charge in [0.1, 0.15) is 18.1 Å². The van der Waals surface area contributed by atoms with Crippen LogP contribution in [0.25, 0.3) is 5.76 Å². The van der Waals surface area contributed by atoms with E-state index in [0.717, 1.165) is 24.2 Å². The number of ether oxygens (including phenoxy) is 2. The zero-order valence-corrected chi connectivity index (χ0v) is 25.3. The van der Waals surface area contributed by atoms with Crippen LogP contribution < -0.4 is 9.47 Å². The number of aryl methyl sites for hydroxylation is 1. The predicted octanol–water partition coefficient (Wildman–Crippen LogP) is 5.81. The Morgan fingerprint density at radius 3 is 2.37 bits per heavy atom. The first kappa shape index (κ1) is 30.1. The quantitative estimate of drug-likeness (QED) is 0.158. The molecule has 1 heterocycles. The van der Waals surface area contributed by atoms with Crippen molar-refractivity contribution in [2.75, 3.05) is 33.3 Å². The number of hydrogen-bond acceptors (Lipinski definition) is 7. The molecule has 1 aliphatic heterocycles. The summed E-state index contributed by atoms with van der Waals surface area (Å²) in [7, 11) is 1.42. The molecule has 1 atom stereocenters. The number of aliphatic hydroxyl groups excluding tert-OH is 1. The van der Waals surface area contributed by atoms with Crippen molar-refractivity contribution in [3.8, 4) is 17.2 Å². The van der Waals surface area contributed by atoms with E-state index < -0.39 is 17.7 Å². The van der Waals surface area contributed by atoms with Gasteiger partial charge in [-0.15, -0.1) is 0 Å². The Kier molecular flexibility index (Phi) is 9.73. The maximum absolute atomic E-state index is 13.4. The van der Waals surface area contributed by atoms with Crippen LogP contribution in [-0.4, -0.2) is 65.0 Å². The van der Waals surface area contributed by atoms with E-state index in [1.807, 2.05) is 45.0 Å². The second-order valence-corrected chi connectivity index (χ2v) is 10.7. The molecule has 1 fully saturated rings. The van der Waals surface area contributed by atoms with Gasteiger partial charge >= 0.3 is 0 Å². The van der Waals surface area contributed by atoms with Crippen LogP contribution in [0.15, 0.2) is 70.7 Å². The fourth-order valence-electron chi connectivity index (χ4n) is 4.95. The third-order valence-electron chi connectivity index (χ3n) is 7.46. The molecule has 0 bridgehead atoms. The molecule has 1 unspecified atom stereocenters. The number of hydrogen-bond donors (Lipinski definition) is 2. The predicted molar refractivity (Wildman–Crippen MR) is 161 cm³/mol. The van der Waals surface area contributed by atoms with Gasteiger partial charge in [0.25, 0.3) is 11.7 Å². The Balaban J connectivity index is 1.71. The van der Waals surface area contributed by atoms with Crippen LogP contribution in [-0.2, 0) is 16.2 Å². The number of methoxy groups -OCH3 is 1. The molecule has 1 aliphatic rings. The third kappa shape index (κ3) is 6.41. The number of ketones is 1. The van der Waals surface area contributed by atoms with Crippen molar-refractivity contribution >= 4 is 33.4 Å². The lowest BCUT2D eigenvalue weighted by molar-refractivity contribution is -0.140. The van der Waals surface area contributed by atoms with E-state index in [1.165, 1.54) is 12.0 Å². The van der Waals surface area contributed by atoms with E-state index in [1.54, 1.807) is 36.4 Å². The van der Waals surface area contributed by atoms with Gasteiger partial charge in [0.15, 0.2) is 11.5 Å². The van der Waals surface area contributed by atoms with Gasteiger partial charge in [-0.1, -0.05) is 38.1 Å². The summed E-state index contributed by atoms with van der Waals surface area (Å²) in [5.74, 6) is -1.06. The topological polar surface area (TPSA) is 99.5 Å². The summed E-state index contributed by atoms with van der Waals surface area (Å²) < 4.78 is 11.6. The molecule has 9 heteroatoms. The van der Waals surface area contributed by atoms with Crippen molar-refractivity contribution in [3.05, 3.63) is 93.0 Å². The number of benzene rings is 3. The van der Waals surface area contributed by atoms with E-state index in [9.17, 15) is 19.8 Å². The number of carbonyl (C=O) groups is 2. The smallest absolute Gasteiger partial charge is 0.295 e. The Labute approximate surface area is 248 Å². The van der Waals surface area contributed by atoms with Gasteiger partial charge in [-0.25, -0.2) is 0 Å². The first-order chi connectivity index (χ1) is 19.7. The van der Waals surface area contributed by atoms with Crippen molar-refractivity contribution in [3.63, 3.8) is 0 Å². The van der Waals surface area contributed by atoms with Crippen LogP contribution in [0.1, 0.15) is 42.1 Å². The molecule has 0 saturated carbocycles. The van der Waals surface area contributed by atoms with Gasteiger partial charge in [0, 0.05) is 18.7 Å².